The molecule has 0 atom stereocenters. The molecule has 1 aromatic rings. The molecule has 1 rings (SSSR count). The quantitative estimate of drug-likeness (QED) is 0.775. The van der Waals surface area contributed by atoms with Crippen LogP contribution in [0.1, 0.15) is 5.56 Å². The molecular formula is C11H16FNO3S. The number of sulfone groups is 1. The molecule has 0 aromatic heterocycles. The van der Waals surface area contributed by atoms with Crippen molar-refractivity contribution in [3.8, 4) is 5.75 Å². The highest BCUT2D eigenvalue weighted by atomic mass is 32.2. The second kappa shape index (κ2) is 5.97. The zero-order valence-corrected chi connectivity index (χ0v) is 10.7. The first-order chi connectivity index (χ1) is 7.94. The molecular weight excluding hydrogens is 245 g/mol. The summed E-state index contributed by atoms with van der Waals surface area (Å²) in [5, 5.41) is 2.88. The average molecular weight is 261 g/mol. The van der Waals surface area contributed by atoms with E-state index in [4.69, 9.17) is 4.74 Å². The van der Waals surface area contributed by atoms with Crippen LogP contribution >= 0.6 is 0 Å². The molecule has 0 saturated carbocycles. The van der Waals surface area contributed by atoms with Crippen molar-refractivity contribution in [2.45, 2.75) is 6.54 Å². The van der Waals surface area contributed by atoms with Crippen molar-refractivity contribution < 1.29 is 17.5 Å². The van der Waals surface area contributed by atoms with Gasteiger partial charge in [-0.1, -0.05) is 12.1 Å². The number of methoxy groups -OCH3 is 1. The number of rotatable bonds is 6. The molecule has 0 fully saturated rings. The molecule has 17 heavy (non-hydrogen) atoms. The summed E-state index contributed by atoms with van der Waals surface area (Å²) in [6.07, 6.45) is 1.17. The predicted octanol–water partition coefficient (Wildman–Crippen LogP) is 0.968. The Bertz CT molecular complexity index is 474. The number of ether oxygens (including phenoxy) is 1. The van der Waals surface area contributed by atoms with Crippen molar-refractivity contribution in [3.63, 3.8) is 0 Å². The van der Waals surface area contributed by atoms with Gasteiger partial charge >= 0.3 is 0 Å². The third kappa shape index (κ3) is 4.70. The van der Waals surface area contributed by atoms with E-state index in [1.165, 1.54) is 19.4 Å². The highest BCUT2D eigenvalue weighted by molar-refractivity contribution is 7.90. The Kier molecular flexibility index (Phi) is 4.89. The van der Waals surface area contributed by atoms with Crippen molar-refractivity contribution >= 4 is 9.84 Å². The van der Waals surface area contributed by atoms with E-state index >= 15 is 0 Å². The van der Waals surface area contributed by atoms with Gasteiger partial charge in [0.2, 0.25) is 0 Å². The monoisotopic (exact) mass is 261 g/mol. The number of halogens is 1. The molecule has 0 saturated heterocycles. The molecule has 0 amide bonds. The SMILES string of the molecule is COc1cccc(CNCCS(C)(=O)=O)c1F. The Labute approximate surface area is 101 Å². The van der Waals surface area contributed by atoms with E-state index in [0.29, 0.717) is 12.1 Å². The summed E-state index contributed by atoms with van der Waals surface area (Å²) in [6.45, 7) is 0.577. The highest BCUT2D eigenvalue weighted by Crippen LogP contribution is 2.19. The van der Waals surface area contributed by atoms with Gasteiger partial charge in [0.25, 0.3) is 0 Å². The molecule has 0 radical (unpaired) electrons. The summed E-state index contributed by atoms with van der Waals surface area (Å²) in [7, 11) is -1.58. The van der Waals surface area contributed by atoms with Gasteiger partial charge in [0.15, 0.2) is 11.6 Å². The molecule has 0 spiro atoms. The standard InChI is InChI=1S/C11H16FNO3S/c1-16-10-5-3-4-9(11(10)12)8-13-6-7-17(2,14)15/h3-5,13H,6-8H2,1-2H3. The molecule has 4 nitrogen and oxygen atoms in total. The Morgan fingerprint density at radius 3 is 2.71 bits per heavy atom. The topological polar surface area (TPSA) is 55.4 Å². The first kappa shape index (κ1) is 13.9. The lowest BCUT2D eigenvalue weighted by Crippen LogP contribution is -2.22. The van der Waals surface area contributed by atoms with Crippen molar-refractivity contribution in [3.05, 3.63) is 29.6 Å². The molecule has 0 heterocycles. The lowest BCUT2D eigenvalue weighted by molar-refractivity contribution is 0.383. The maximum atomic E-state index is 13.7. The Hall–Kier alpha value is -1.14. The van der Waals surface area contributed by atoms with Gasteiger partial charge in [-0.05, 0) is 6.07 Å². The van der Waals surface area contributed by atoms with Gasteiger partial charge in [-0.15, -0.1) is 0 Å². The van der Waals surface area contributed by atoms with Crippen molar-refractivity contribution in [1.82, 2.24) is 5.32 Å². The van der Waals surface area contributed by atoms with E-state index in [1.807, 2.05) is 0 Å². The van der Waals surface area contributed by atoms with E-state index in [2.05, 4.69) is 5.32 Å². The van der Waals surface area contributed by atoms with E-state index in [1.54, 1.807) is 12.1 Å². The molecule has 0 unspecified atom stereocenters. The normalized spacial score (nSPS) is 11.5. The van der Waals surface area contributed by atoms with Gasteiger partial charge in [-0.3, -0.25) is 0 Å². The molecule has 0 aliphatic heterocycles. The van der Waals surface area contributed by atoms with Crippen LogP contribution in [0.25, 0.3) is 0 Å². The summed E-state index contributed by atoms with van der Waals surface area (Å²) < 4.78 is 40.3. The zero-order valence-electron chi connectivity index (χ0n) is 9.86. The van der Waals surface area contributed by atoms with Crippen LogP contribution in [0.15, 0.2) is 18.2 Å². The van der Waals surface area contributed by atoms with Gasteiger partial charge in [0, 0.05) is 24.9 Å². The first-order valence-corrected chi connectivity index (χ1v) is 7.20. The summed E-state index contributed by atoms with van der Waals surface area (Å²) in [5.74, 6) is -0.187. The van der Waals surface area contributed by atoms with Crippen molar-refractivity contribution in [2.24, 2.45) is 0 Å². The van der Waals surface area contributed by atoms with Crippen LogP contribution in [0, 0.1) is 5.82 Å². The fourth-order valence-electron chi connectivity index (χ4n) is 1.33. The molecule has 1 N–H and O–H groups in total. The van der Waals surface area contributed by atoms with Crippen molar-refractivity contribution in [2.75, 3.05) is 25.7 Å². The largest absolute Gasteiger partial charge is 0.494 e. The van der Waals surface area contributed by atoms with Crippen LogP contribution in [0.3, 0.4) is 0 Å². The fraction of sp³-hybridized carbons (Fsp3) is 0.455. The molecule has 0 aliphatic carbocycles. The Morgan fingerprint density at radius 2 is 2.12 bits per heavy atom. The summed E-state index contributed by atoms with van der Waals surface area (Å²) >= 11 is 0. The third-order valence-electron chi connectivity index (χ3n) is 2.23. The molecule has 0 bridgehead atoms. The number of hydrogen-bond donors (Lipinski definition) is 1. The van der Waals surface area contributed by atoms with Crippen molar-refractivity contribution in [1.29, 1.82) is 0 Å². The predicted molar refractivity (Wildman–Crippen MR) is 64.4 cm³/mol. The second-order valence-electron chi connectivity index (χ2n) is 3.74. The minimum atomic E-state index is -2.98. The molecule has 96 valence electrons. The lowest BCUT2D eigenvalue weighted by Gasteiger charge is -2.08. The molecule has 0 aliphatic rings. The molecule has 1 aromatic carbocycles. The molecule has 6 heteroatoms. The van der Waals surface area contributed by atoms with Gasteiger partial charge < -0.3 is 10.1 Å². The maximum absolute atomic E-state index is 13.7. The maximum Gasteiger partial charge on any atom is 0.169 e. The lowest BCUT2D eigenvalue weighted by atomic mass is 10.2. The zero-order chi connectivity index (χ0) is 12.9. The van der Waals surface area contributed by atoms with E-state index in [9.17, 15) is 12.8 Å². The summed E-state index contributed by atoms with van der Waals surface area (Å²) in [6, 6.07) is 4.86. The van der Waals surface area contributed by atoms with Crippen LogP contribution in [0.5, 0.6) is 5.75 Å². The number of nitrogens with one attached hydrogen (secondary N) is 1. The summed E-state index contributed by atoms with van der Waals surface area (Å²) in [5.41, 5.74) is 0.456. The van der Waals surface area contributed by atoms with Crippen LogP contribution < -0.4 is 10.1 Å². The van der Waals surface area contributed by atoms with Crippen LogP contribution in [0.2, 0.25) is 0 Å². The van der Waals surface area contributed by atoms with E-state index in [0.717, 1.165) is 0 Å². The summed E-state index contributed by atoms with van der Waals surface area (Å²) in [4.78, 5) is 0. The highest BCUT2D eigenvalue weighted by Gasteiger charge is 2.08. The van der Waals surface area contributed by atoms with Gasteiger partial charge in [-0.2, -0.15) is 0 Å². The van der Waals surface area contributed by atoms with Gasteiger partial charge in [0.1, 0.15) is 9.84 Å². The average Bonchev–Trinajstić information content (AvgIpc) is 2.25. The van der Waals surface area contributed by atoms with E-state index in [-0.39, 0.29) is 18.0 Å². The minimum Gasteiger partial charge on any atom is -0.494 e. The first-order valence-electron chi connectivity index (χ1n) is 5.14. The fourth-order valence-corrected chi connectivity index (χ4v) is 1.85. The van der Waals surface area contributed by atoms with E-state index < -0.39 is 15.7 Å². The number of benzene rings is 1. The smallest absolute Gasteiger partial charge is 0.169 e. The second-order valence-corrected chi connectivity index (χ2v) is 6.00. The van der Waals surface area contributed by atoms with Crippen LogP contribution in [0.4, 0.5) is 4.39 Å². The Morgan fingerprint density at radius 1 is 1.41 bits per heavy atom. The van der Waals surface area contributed by atoms with Gasteiger partial charge in [0.05, 0.1) is 12.9 Å². The van der Waals surface area contributed by atoms with Crippen LogP contribution in [-0.2, 0) is 16.4 Å². The third-order valence-corrected chi connectivity index (χ3v) is 3.17. The number of hydrogen-bond acceptors (Lipinski definition) is 4. The van der Waals surface area contributed by atoms with Crippen LogP contribution in [-0.4, -0.2) is 34.1 Å². The Balaban J connectivity index is 2.52. The minimum absolute atomic E-state index is 0.0403. The van der Waals surface area contributed by atoms with Gasteiger partial charge in [-0.25, -0.2) is 12.8 Å².